The van der Waals surface area contributed by atoms with Crippen LogP contribution in [0.25, 0.3) is 0 Å². The molecule has 6 heteroatoms. The molecule has 3 N–H and O–H groups in total. The minimum atomic E-state index is -1.56. The number of hydrogen-bond donors (Lipinski definition) is 3. The zero-order valence-corrected chi connectivity index (χ0v) is 10.3. The number of carbonyl (C=O) groups excluding carboxylic acids is 1. The summed E-state index contributed by atoms with van der Waals surface area (Å²) in [4.78, 5) is 13.9. The van der Waals surface area contributed by atoms with Crippen molar-refractivity contribution >= 4 is 28.6 Å². The lowest BCUT2D eigenvalue weighted by Gasteiger charge is -2.14. The predicted octanol–water partition coefficient (Wildman–Crippen LogP) is 0.577. The van der Waals surface area contributed by atoms with Gasteiger partial charge in [0, 0.05) is 15.5 Å². The standard InChI is InChI=1S/C9H12INO4/c1-2-15-9(14)8(13)7(12)6-3-5(10)4-11-6/h3-4,7-8,11-13H,2H2,1H3. The summed E-state index contributed by atoms with van der Waals surface area (Å²) in [5, 5.41) is 19.0. The third kappa shape index (κ3) is 3.18. The number of halogens is 1. The van der Waals surface area contributed by atoms with E-state index in [1.807, 2.05) is 0 Å². The van der Waals surface area contributed by atoms with Crippen LogP contribution in [-0.4, -0.2) is 33.9 Å². The zero-order valence-electron chi connectivity index (χ0n) is 8.11. The molecular formula is C9H12INO4. The lowest BCUT2D eigenvalue weighted by Crippen LogP contribution is -2.30. The molecule has 2 unspecified atom stereocenters. The summed E-state index contributed by atoms with van der Waals surface area (Å²) in [5.74, 6) is -0.824. The maximum absolute atomic E-state index is 11.1. The first kappa shape index (κ1) is 12.5. The Balaban J connectivity index is 2.67. The first-order chi connectivity index (χ1) is 7.06. The topological polar surface area (TPSA) is 82.6 Å². The molecule has 0 aliphatic heterocycles. The fourth-order valence-electron chi connectivity index (χ4n) is 1.08. The Bertz CT molecular complexity index is 339. The van der Waals surface area contributed by atoms with Gasteiger partial charge in [-0.2, -0.15) is 0 Å². The molecule has 0 spiro atoms. The molecule has 0 aromatic carbocycles. The van der Waals surface area contributed by atoms with E-state index in [0.717, 1.165) is 3.57 Å². The molecule has 0 saturated heterocycles. The maximum atomic E-state index is 11.1. The molecule has 0 radical (unpaired) electrons. The van der Waals surface area contributed by atoms with Crippen LogP contribution in [0.4, 0.5) is 0 Å². The second-order valence-corrected chi connectivity index (χ2v) is 4.16. The lowest BCUT2D eigenvalue weighted by atomic mass is 10.1. The van der Waals surface area contributed by atoms with Crippen LogP contribution < -0.4 is 0 Å². The Morgan fingerprint density at radius 1 is 1.67 bits per heavy atom. The van der Waals surface area contributed by atoms with Crippen LogP contribution in [-0.2, 0) is 9.53 Å². The lowest BCUT2D eigenvalue weighted by molar-refractivity contribution is -0.159. The monoisotopic (exact) mass is 325 g/mol. The highest BCUT2D eigenvalue weighted by atomic mass is 127. The largest absolute Gasteiger partial charge is 0.464 e. The van der Waals surface area contributed by atoms with Crippen molar-refractivity contribution in [3.05, 3.63) is 21.5 Å². The van der Waals surface area contributed by atoms with Gasteiger partial charge in [0.2, 0.25) is 0 Å². The van der Waals surface area contributed by atoms with Gasteiger partial charge in [-0.3, -0.25) is 0 Å². The highest BCUT2D eigenvalue weighted by Gasteiger charge is 2.27. The molecule has 5 nitrogen and oxygen atoms in total. The van der Waals surface area contributed by atoms with Gasteiger partial charge in [0.15, 0.2) is 6.10 Å². The van der Waals surface area contributed by atoms with Gasteiger partial charge in [-0.05, 0) is 35.6 Å². The van der Waals surface area contributed by atoms with Crippen LogP contribution in [0.3, 0.4) is 0 Å². The molecule has 0 aliphatic rings. The smallest absolute Gasteiger partial charge is 0.338 e. The van der Waals surface area contributed by atoms with E-state index in [0.29, 0.717) is 5.69 Å². The van der Waals surface area contributed by atoms with Crippen molar-refractivity contribution in [1.29, 1.82) is 0 Å². The summed E-state index contributed by atoms with van der Waals surface area (Å²) in [5.41, 5.74) is 0.389. The van der Waals surface area contributed by atoms with Crippen molar-refractivity contribution in [2.45, 2.75) is 19.1 Å². The second kappa shape index (κ2) is 5.47. The maximum Gasteiger partial charge on any atom is 0.338 e. The van der Waals surface area contributed by atoms with Crippen molar-refractivity contribution in [1.82, 2.24) is 4.98 Å². The quantitative estimate of drug-likeness (QED) is 0.559. The minimum Gasteiger partial charge on any atom is -0.464 e. The molecule has 1 heterocycles. The van der Waals surface area contributed by atoms with Gasteiger partial charge in [0.1, 0.15) is 6.10 Å². The van der Waals surface area contributed by atoms with E-state index in [9.17, 15) is 15.0 Å². The first-order valence-corrected chi connectivity index (χ1v) is 5.50. The van der Waals surface area contributed by atoms with E-state index in [4.69, 9.17) is 0 Å². The number of aliphatic hydroxyl groups excluding tert-OH is 2. The van der Waals surface area contributed by atoms with Gasteiger partial charge in [-0.15, -0.1) is 0 Å². The highest BCUT2D eigenvalue weighted by molar-refractivity contribution is 14.1. The molecule has 15 heavy (non-hydrogen) atoms. The molecule has 1 aromatic heterocycles. The van der Waals surface area contributed by atoms with E-state index >= 15 is 0 Å². The molecule has 0 fully saturated rings. The van der Waals surface area contributed by atoms with E-state index in [1.54, 1.807) is 19.2 Å². The third-order valence-electron chi connectivity index (χ3n) is 1.82. The predicted molar refractivity (Wildman–Crippen MR) is 61.1 cm³/mol. The SMILES string of the molecule is CCOC(=O)C(O)C(O)c1cc(I)c[nH]1. The average Bonchev–Trinajstić information content (AvgIpc) is 2.63. The average molecular weight is 325 g/mol. The zero-order chi connectivity index (χ0) is 11.4. The number of esters is 1. The van der Waals surface area contributed by atoms with Gasteiger partial charge in [-0.25, -0.2) is 4.79 Å². The minimum absolute atomic E-state index is 0.172. The van der Waals surface area contributed by atoms with E-state index in [2.05, 4.69) is 32.3 Å². The van der Waals surface area contributed by atoms with Gasteiger partial charge in [-0.1, -0.05) is 0 Å². The summed E-state index contributed by atoms with van der Waals surface area (Å²) in [6, 6.07) is 1.65. The number of H-pyrrole nitrogens is 1. The van der Waals surface area contributed by atoms with E-state index in [-0.39, 0.29) is 6.61 Å². The van der Waals surface area contributed by atoms with Crippen LogP contribution >= 0.6 is 22.6 Å². The Labute approximate surface area is 101 Å². The summed E-state index contributed by atoms with van der Waals surface area (Å²) >= 11 is 2.05. The van der Waals surface area contributed by atoms with E-state index < -0.39 is 18.2 Å². The second-order valence-electron chi connectivity index (χ2n) is 2.91. The van der Waals surface area contributed by atoms with Crippen molar-refractivity contribution in [3.8, 4) is 0 Å². The molecular weight excluding hydrogens is 313 g/mol. The van der Waals surface area contributed by atoms with Crippen molar-refractivity contribution in [3.63, 3.8) is 0 Å². The highest BCUT2D eigenvalue weighted by Crippen LogP contribution is 2.18. The summed E-state index contributed by atoms with van der Waals surface area (Å²) < 4.78 is 5.48. The number of hydrogen-bond acceptors (Lipinski definition) is 4. The molecule has 1 rings (SSSR count). The molecule has 0 aliphatic carbocycles. The number of aromatic nitrogens is 1. The summed E-state index contributed by atoms with van der Waals surface area (Å²) in [7, 11) is 0. The number of aliphatic hydroxyl groups is 2. The van der Waals surface area contributed by atoms with Crippen molar-refractivity contribution in [2.24, 2.45) is 0 Å². The van der Waals surface area contributed by atoms with Gasteiger partial charge in [0.05, 0.1) is 6.61 Å². The number of nitrogens with one attached hydrogen (secondary N) is 1. The Kier molecular flexibility index (Phi) is 4.55. The van der Waals surface area contributed by atoms with Crippen molar-refractivity contribution in [2.75, 3.05) is 6.61 Å². The third-order valence-corrected chi connectivity index (χ3v) is 2.44. The van der Waals surface area contributed by atoms with Crippen LogP contribution in [0.15, 0.2) is 12.3 Å². The Morgan fingerprint density at radius 2 is 2.33 bits per heavy atom. The van der Waals surface area contributed by atoms with Crippen LogP contribution in [0, 0.1) is 3.57 Å². The fourth-order valence-corrected chi connectivity index (χ4v) is 1.57. The van der Waals surface area contributed by atoms with Crippen LogP contribution in [0.5, 0.6) is 0 Å². The number of ether oxygens (including phenoxy) is 1. The van der Waals surface area contributed by atoms with Gasteiger partial charge < -0.3 is 19.9 Å². The van der Waals surface area contributed by atoms with Gasteiger partial charge >= 0.3 is 5.97 Å². The molecule has 0 bridgehead atoms. The Hall–Kier alpha value is -0.600. The summed E-state index contributed by atoms with van der Waals surface area (Å²) in [6.45, 7) is 1.81. The number of carbonyl (C=O) groups is 1. The molecule has 2 atom stereocenters. The first-order valence-electron chi connectivity index (χ1n) is 4.42. The Morgan fingerprint density at radius 3 is 2.80 bits per heavy atom. The molecule has 84 valence electrons. The fraction of sp³-hybridized carbons (Fsp3) is 0.444. The van der Waals surface area contributed by atoms with Gasteiger partial charge in [0.25, 0.3) is 0 Å². The van der Waals surface area contributed by atoms with Crippen LogP contribution in [0.1, 0.15) is 18.7 Å². The molecule has 1 aromatic rings. The molecule has 0 saturated carbocycles. The van der Waals surface area contributed by atoms with E-state index in [1.165, 1.54) is 0 Å². The summed E-state index contributed by atoms with van der Waals surface area (Å²) in [6.07, 6.45) is -1.18. The molecule has 0 amide bonds. The van der Waals surface area contributed by atoms with Crippen LogP contribution in [0.2, 0.25) is 0 Å². The number of rotatable bonds is 4. The normalized spacial score (nSPS) is 14.7. The van der Waals surface area contributed by atoms with Crippen molar-refractivity contribution < 1.29 is 19.7 Å². The number of aromatic amines is 1.